The van der Waals surface area contributed by atoms with Crippen LogP contribution in [0.25, 0.3) is 0 Å². The fourth-order valence-electron chi connectivity index (χ4n) is 2.82. The molecule has 1 aliphatic rings. The van der Waals surface area contributed by atoms with Gasteiger partial charge in [0.15, 0.2) is 0 Å². The summed E-state index contributed by atoms with van der Waals surface area (Å²) in [6.07, 6.45) is 10.4. The maximum atomic E-state index is 2.37. The van der Waals surface area contributed by atoms with Gasteiger partial charge in [-0.2, -0.15) is 0 Å². The molecule has 0 amide bonds. The molecule has 0 radical (unpaired) electrons. The molecular formula is C13H26. The molecule has 0 saturated heterocycles. The van der Waals surface area contributed by atoms with Crippen LogP contribution < -0.4 is 0 Å². The van der Waals surface area contributed by atoms with E-state index in [9.17, 15) is 0 Å². The first-order valence-electron chi connectivity index (χ1n) is 6.22. The molecule has 0 bridgehead atoms. The van der Waals surface area contributed by atoms with Gasteiger partial charge in [-0.1, -0.05) is 52.9 Å². The van der Waals surface area contributed by atoms with E-state index in [0.717, 1.165) is 17.8 Å². The van der Waals surface area contributed by atoms with Crippen molar-refractivity contribution in [2.75, 3.05) is 0 Å². The Kier molecular flexibility index (Phi) is 4.83. The standard InChI is InChI=1S/C13H26/c1-4-12-7-5-6-8-13(10-12)9-11(2)3/h11-13H,4-10H2,1-3H3. The Morgan fingerprint density at radius 2 is 1.69 bits per heavy atom. The SMILES string of the molecule is CCC1CCCCC(CC(C)C)C1. The fraction of sp³-hybridized carbons (Fsp3) is 1.00. The maximum absolute atomic E-state index is 2.37. The van der Waals surface area contributed by atoms with Crippen LogP contribution in [0.15, 0.2) is 0 Å². The van der Waals surface area contributed by atoms with Gasteiger partial charge in [0.2, 0.25) is 0 Å². The quantitative estimate of drug-likeness (QED) is 0.558. The summed E-state index contributed by atoms with van der Waals surface area (Å²) in [5, 5.41) is 0. The third-order valence-electron chi connectivity index (χ3n) is 3.52. The zero-order chi connectivity index (χ0) is 9.68. The van der Waals surface area contributed by atoms with Crippen LogP contribution in [-0.2, 0) is 0 Å². The van der Waals surface area contributed by atoms with Gasteiger partial charge in [-0.05, 0) is 30.6 Å². The summed E-state index contributed by atoms with van der Waals surface area (Å²) >= 11 is 0. The zero-order valence-corrected chi connectivity index (χ0v) is 9.68. The number of hydrogen-bond donors (Lipinski definition) is 0. The van der Waals surface area contributed by atoms with Crippen molar-refractivity contribution >= 4 is 0 Å². The topological polar surface area (TPSA) is 0 Å². The van der Waals surface area contributed by atoms with Crippen molar-refractivity contribution in [3.05, 3.63) is 0 Å². The van der Waals surface area contributed by atoms with Gasteiger partial charge in [-0.25, -0.2) is 0 Å². The van der Waals surface area contributed by atoms with E-state index in [1.807, 2.05) is 0 Å². The highest BCUT2D eigenvalue weighted by atomic mass is 14.2. The number of rotatable bonds is 3. The van der Waals surface area contributed by atoms with E-state index in [1.54, 1.807) is 0 Å². The molecule has 0 nitrogen and oxygen atoms in total. The summed E-state index contributed by atoms with van der Waals surface area (Å²) in [7, 11) is 0. The lowest BCUT2D eigenvalue weighted by Gasteiger charge is -2.20. The van der Waals surface area contributed by atoms with Gasteiger partial charge in [0.25, 0.3) is 0 Å². The van der Waals surface area contributed by atoms with Crippen molar-refractivity contribution < 1.29 is 0 Å². The highest BCUT2D eigenvalue weighted by molar-refractivity contribution is 4.71. The van der Waals surface area contributed by atoms with Gasteiger partial charge < -0.3 is 0 Å². The predicted octanol–water partition coefficient (Wildman–Crippen LogP) is 4.64. The predicted molar refractivity (Wildman–Crippen MR) is 59.8 cm³/mol. The van der Waals surface area contributed by atoms with E-state index in [1.165, 1.54) is 44.9 Å². The van der Waals surface area contributed by atoms with Crippen molar-refractivity contribution in [3.8, 4) is 0 Å². The van der Waals surface area contributed by atoms with Crippen molar-refractivity contribution in [3.63, 3.8) is 0 Å². The molecule has 0 heteroatoms. The molecule has 0 aromatic heterocycles. The maximum Gasteiger partial charge on any atom is -0.0409 e. The molecule has 78 valence electrons. The second kappa shape index (κ2) is 5.67. The Bertz CT molecular complexity index is 126. The molecule has 1 rings (SSSR count). The van der Waals surface area contributed by atoms with Crippen LogP contribution in [0.1, 0.15) is 65.7 Å². The summed E-state index contributed by atoms with van der Waals surface area (Å²) in [6, 6.07) is 0. The second-order valence-electron chi connectivity index (χ2n) is 5.29. The summed E-state index contributed by atoms with van der Waals surface area (Å²) in [5.74, 6) is 3.00. The molecule has 1 fully saturated rings. The normalized spacial score (nSPS) is 30.5. The molecule has 0 N–H and O–H groups in total. The first kappa shape index (κ1) is 11.1. The Balaban J connectivity index is 2.35. The third-order valence-corrected chi connectivity index (χ3v) is 3.52. The molecule has 13 heavy (non-hydrogen) atoms. The Labute approximate surface area is 84.1 Å². The van der Waals surface area contributed by atoms with Crippen LogP contribution in [-0.4, -0.2) is 0 Å². The molecular weight excluding hydrogens is 156 g/mol. The average molecular weight is 182 g/mol. The van der Waals surface area contributed by atoms with Gasteiger partial charge in [0, 0.05) is 0 Å². The number of hydrogen-bond acceptors (Lipinski definition) is 0. The Morgan fingerprint density at radius 1 is 1.08 bits per heavy atom. The van der Waals surface area contributed by atoms with E-state index >= 15 is 0 Å². The lowest BCUT2D eigenvalue weighted by atomic mass is 9.86. The van der Waals surface area contributed by atoms with Crippen molar-refractivity contribution in [1.29, 1.82) is 0 Å². The molecule has 2 unspecified atom stereocenters. The van der Waals surface area contributed by atoms with Gasteiger partial charge >= 0.3 is 0 Å². The zero-order valence-electron chi connectivity index (χ0n) is 9.68. The van der Waals surface area contributed by atoms with E-state index in [0.29, 0.717) is 0 Å². The fourth-order valence-corrected chi connectivity index (χ4v) is 2.82. The summed E-state index contributed by atoms with van der Waals surface area (Å²) in [5.41, 5.74) is 0. The Morgan fingerprint density at radius 3 is 2.23 bits per heavy atom. The van der Waals surface area contributed by atoms with Crippen molar-refractivity contribution in [1.82, 2.24) is 0 Å². The molecule has 0 heterocycles. The third kappa shape index (κ3) is 4.15. The molecule has 2 atom stereocenters. The van der Waals surface area contributed by atoms with E-state index in [-0.39, 0.29) is 0 Å². The first-order valence-corrected chi connectivity index (χ1v) is 6.22. The minimum absolute atomic E-state index is 0.903. The van der Waals surface area contributed by atoms with Gasteiger partial charge in [-0.3, -0.25) is 0 Å². The van der Waals surface area contributed by atoms with Gasteiger partial charge in [0.1, 0.15) is 0 Å². The highest BCUT2D eigenvalue weighted by Gasteiger charge is 2.19. The smallest absolute Gasteiger partial charge is 0.0409 e. The van der Waals surface area contributed by atoms with Gasteiger partial charge in [0.05, 0.1) is 0 Å². The van der Waals surface area contributed by atoms with Crippen LogP contribution in [0.4, 0.5) is 0 Å². The van der Waals surface area contributed by atoms with Gasteiger partial charge in [-0.15, -0.1) is 0 Å². The van der Waals surface area contributed by atoms with Crippen LogP contribution in [0, 0.1) is 17.8 Å². The molecule has 1 saturated carbocycles. The van der Waals surface area contributed by atoms with Crippen LogP contribution in [0.3, 0.4) is 0 Å². The van der Waals surface area contributed by atoms with Crippen molar-refractivity contribution in [2.45, 2.75) is 65.7 Å². The van der Waals surface area contributed by atoms with Crippen molar-refractivity contribution in [2.24, 2.45) is 17.8 Å². The Hall–Kier alpha value is 0. The molecule has 0 spiro atoms. The monoisotopic (exact) mass is 182 g/mol. The second-order valence-corrected chi connectivity index (χ2v) is 5.29. The lowest BCUT2D eigenvalue weighted by Crippen LogP contribution is -2.08. The van der Waals surface area contributed by atoms with E-state index < -0.39 is 0 Å². The first-order chi connectivity index (χ1) is 6.22. The van der Waals surface area contributed by atoms with E-state index in [2.05, 4.69) is 20.8 Å². The summed E-state index contributed by atoms with van der Waals surface area (Å²) < 4.78 is 0. The molecule has 0 aromatic carbocycles. The van der Waals surface area contributed by atoms with E-state index in [4.69, 9.17) is 0 Å². The highest BCUT2D eigenvalue weighted by Crippen LogP contribution is 2.32. The summed E-state index contributed by atoms with van der Waals surface area (Å²) in [6.45, 7) is 7.10. The average Bonchev–Trinajstić information content (AvgIpc) is 2.28. The minimum Gasteiger partial charge on any atom is -0.0651 e. The molecule has 1 aliphatic carbocycles. The minimum atomic E-state index is 0.903. The van der Waals surface area contributed by atoms with Crippen LogP contribution in [0.5, 0.6) is 0 Å². The lowest BCUT2D eigenvalue weighted by molar-refractivity contribution is 0.318. The van der Waals surface area contributed by atoms with Crippen LogP contribution >= 0.6 is 0 Å². The largest absolute Gasteiger partial charge is 0.0651 e. The molecule has 0 aromatic rings. The van der Waals surface area contributed by atoms with Crippen LogP contribution in [0.2, 0.25) is 0 Å². The summed E-state index contributed by atoms with van der Waals surface area (Å²) in [4.78, 5) is 0. The molecule has 0 aliphatic heterocycles.